The average Bonchev–Trinajstić information content (AvgIpc) is 2.63. The molecule has 2 amide bonds. The van der Waals surface area contributed by atoms with E-state index < -0.39 is 18.8 Å². The van der Waals surface area contributed by atoms with Crippen molar-refractivity contribution in [3.8, 4) is 17.2 Å². The van der Waals surface area contributed by atoms with E-state index in [4.69, 9.17) is 14.2 Å². The lowest BCUT2D eigenvalue weighted by atomic mass is 10.2. The fourth-order valence-electron chi connectivity index (χ4n) is 2.24. The van der Waals surface area contributed by atoms with Crippen molar-refractivity contribution >= 4 is 11.7 Å². The number of carbonyl (C=O) groups excluding carboxylic acids is 1. The van der Waals surface area contributed by atoms with E-state index in [1.165, 1.54) is 25.3 Å². The van der Waals surface area contributed by atoms with Gasteiger partial charge in [-0.25, -0.2) is 4.79 Å². The minimum absolute atomic E-state index is 0.125. The highest BCUT2D eigenvalue weighted by atomic mass is 19.4. The molecule has 0 aliphatic rings. The summed E-state index contributed by atoms with van der Waals surface area (Å²) in [6.45, 7) is 0.988. The molecule has 6 nitrogen and oxygen atoms in total. The van der Waals surface area contributed by atoms with Crippen molar-refractivity contribution in [1.29, 1.82) is 0 Å². The first-order valence-electron chi connectivity index (χ1n) is 8.39. The largest absolute Gasteiger partial charge is 0.493 e. The standard InChI is InChI=1S/C19H21F3N2O4/c1-13-4-3-5-15(10-13)27-9-8-23-18(25)24-14-6-7-16(26-2)17(11-14)28-12-19(20,21)22/h3-7,10-11H,8-9,12H2,1-2H3,(H2,23,24,25). The Labute approximate surface area is 160 Å². The smallest absolute Gasteiger partial charge is 0.422 e. The second-order valence-corrected chi connectivity index (χ2v) is 5.82. The van der Waals surface area contributed by atoms with Crippen LogP contribution in [0.1, 0.15) is 5.56 Å². The predicted molar refractivity (Wildman–Crippen MR) is 98.2 cm³/mol. The highest BCUT2D eigenvalue weighted by molar-refractivity contribution is 5.89. The van der Waals surface area contributed by atoms with Crippen LogP contribution in [0, 0.1) is 6.92 Å². The van der Waals surface area contributed by atoms with E-state index in [-0.39, 0.29) is 30.3 Å². The average molecular weight is 398 g/mol. The van der Waals surface area contributed by atoms with Crippen molar-refractivity contribution in [3.63, 3.8) is 0 Å². The molecule has 0 unspecified atom stereocenters. The molecule has 0 atom stereocenters. The first-order valence-corrected chi connectivity index (χ1v) is 8.39. The number of rotatable bonds is 8. The Morgan fingerprint density at radius 1 is 1.07 bits per heavy atom. The van der Waals surface area contributed by atoms with Crippen molar-refractivity contribution in [2.45, 2.75) is 13.1 Å². The van der Waals surface area contributed by atoms with Crippen LogP contribution < -0.4 is 24.8 Å². The Morgan fingerprint density at radius 3 is 2.54 bits per heavy atom. The molecule has 2 N–H and O–H groups in total. The molecule has 0 aliphatic carbocycles. The number of urea groups is 1. The van der Waals surface area contributed by atoms with Crippen LogP contribution in [0.5, 0.6) is 17.2 Å². The van der Waals surface area contributed by atoms with Gasteiger partial charge in [0.25, 0.3) is 0 Å². The van der Waals surface area contributed by atoms with E-state index in [1.807, 2.05) is 31.2 Å². The summed E-state index contributed by atoms with van der Waals surface area (Å²) >= 11 is 0. The van der Waals surface area contributed by atoms with Gasteiger partial charge in [-0.2, -0.15) is 13.2 Å². The normalized spacial score (nSPS) is 10.9. The Morgan fingerprint density at radius 2 is 1.86 bits per heavy atom. The first-order chi connectivity index (χ1) is 13.3. The topological polar surface area (TPSA) is 68.8 Å². The van der Waals surface area contributed by atoms with Crippen molar-refractivity contribution in [3.05, 3.63) is 48.0 Å². The summed E-state index contributed by atoms with van der Waals surface area (Å²) in [5.41, 5.74) is 1.32. The SMILES string of the molecule is COc1ccc(NC(=O)NCCOc2cccc(C)c2)cc1OCC(F)(F)F. The van der Waals surface area contributed by atoms with Gasteiger partial charge in [-0.15, -0.1) is 0 Å². The van der Waals surface area contributed by atoms with E-state index in [1.54, 1.807) is 0 Å². The molecule has 152 valence electrons. The van der Waals surface area contributed by atoms with Crippen LogP contribution in [0.15, 0.2) is 42.5 Å². The number of methoxy groups -OCH3 is 1. The lowest BCUT2D eigenvalue weighted by Crippen LogP contribution is -2.32. The van der Waals surface area contributed by atoms with Crippen molar-refractivity contribution < 1.29 is 32.2 Å². The molecule has 2 aromatic rings. The minimum Gasteiger partial charge on any atom is -0.493 e. The number of alkyl halides is 3. The third-order valence-electron chi connectivity index (χ3n) is 3.46. The first kappa shape index (κ1) is 21.2. The van der Waals surface area contributed by atoms with Crippen LogP contribution >= 0.6 is 0 Å². The van der Waals surface area contributed by atoms with Crippen LogP contribution in [0.3, 0.4) is 0 Å². The van der Waals surface area contributed by atoms with Crippen molar-refractivity contribution in [2.24, 2.45) is 0 Å². The van der Waals surface area contributed by atoms with Gasteiger partial charge in [-0.3, -0.25) is 0 Å². The summed E-state index contributed by atoms with van der Waals surface area (Å²) in [6.07, 6.45) is -4.48. The minimum atomic E-state index is -4.48. The molecule has 0 spiro atoms. The fraction of sp³-hybridized carbons (Fsp3) is 0.316. The molecule has 0 aromatic heterocycles. The van der Waals surface area contributed by atoms with Gasteiger partial charge in [0, 0.05) is 11.8 Å². The summed E-state index contributed by atoms with van der Waals surface area (Å²) in [6, 6.07) is 11.1. The summed E-state index contributed by atoms with van der Waals surface area (Å²) in [5.74, 6) is 0.700. The van der Waals surface area contributed by atoms with Crippen LogP contribution in [0.4, 0.5) is 23.7 Å². The summed E-state index contributed by atoms with van der Waals surface area (Å²) < 4.78 is 52.3. The maximum atomic E-state index is 12.3. The van der Waals surface area contributed by atoms with Gasteiger partial charge in [0.2, 0.25) is 0 Å². The van der Waals surface area contributed by atoms with E-state index >= 15 is 0 Å². The van der Waals surface area contributed by atoms with Crippen molar-refractivity contribution in [2.75, 3.05) is 32.2 Å². The highest BCUT2D eigenvalue weighted by Gasteiger charge is 2.29. The quantitative estimate of drug-likeness (QED) is 0.656. The van der Waals surface area contributed by atoms with Gasteiger partial charge in [0.05, 0.1) is 13.7 Å². The summed E-state index contributed by atoms with van der Waals surface area (Å²) in [5, 5.41) is 5.11. The van der Waals surface area contributed by atoms with E-state index in [2.05, 4.69) is 10.6 Å². The third-order valence-corrected chi connectivity index (χ3v) is 3.46. The van der Waals surface area contributed by atoms with Gasteiger partial charge >= 0.3 is 12.2 Å². The highest BCUT2D eigenvalue weighted by Crippen LogP contribution is 2.31. The molecule has 0 heterocycles. The number of hydrogen-bond acceptors (Lipinski definition) is 4. The van der Waals surface area contributed by atoms with E-state index in [9.17, 15) is 18.0 Å². The molecule has 0 fully saturated rings. The molecule has 2 rings (SSSR count). The van der Waals surface area contributed by atoms with E-state index in [0.717, 1.165) is 5.56 Å². The second-order valence-electron chi connectivity index (χ2n) is 5.82. The molecular formula is C19H21F3N2O4. The number of anilines is 1. The monoisotopic (exact) mass is 398 g/mol. The number of halogens is 3. The van der Waals surface area contributed by atoms with Crippen LogP contribution in [-0.4, -0.2) is 39.1 Å². The molecule has 2 aromatic carbocycles. The van der Waals surface area contributed by atoms with Crippen LogP contribution in [0.25, 0.3) is 0 Å². The molecule has 28 heavy (non-hydrogen) atoms. The molecule has 0 saturated heterocycles. The van der Waals surface area contributed by atoms with E-state index in [0.29, 0.717) is 5.75 Å². The molecule has 0 saturated carbocycles. The van der Waals surface area contributed by atoms with Gasteiger partial charge < -0.3 is 24.8 Å². The molecule has 0 radical (unpaired) electrons. The van der Waals surface area contributed by atoms with Gasteiger partial charge in [0.15, 0.2) is 18.1 Å². The Bertz CT molecular complexity index is 797. The van der Waals surface area contributed by atoms with Gasteiger partial charge in [0.1, 0.15) is 12.4 Å². The second kappa shape index (κ2) is 9.72. The molecule has 9 heteroatoms. The Balaban J connectivity index is 1.83. The number of nitrogens with one attached hydrogen (secondary N) is 2. The van der Waals surface area contributed by atoms with Crippen molar-refractivity contribution in [1.82, 2.24) is 5.32 Å². The number of aryl methyl sites for hydroxylation is 1. The number of hydrogen-bond donors (Lipinski definition) is 2. The fourth-order valence-corrected chi connectivity index (χ4v) is 2.24. The maximum Gasteiger partial charge on any atom is 0.422 e. The summed E-state index contributed by atoms with van der Waals surface area (Å²) in [7, 11) is 1.31. The Hall–Kier alpha value is -3.10. The zero-order valence-corrected chi connectivity index (χ0v) is 15.4. The lowest BCUT2D eigenvalue weighted by Gasteiger charge is -2.14. The number of carbonyl (C=O) groups is 1. The zero-order valence-electron chi connectivity index (χ0n) is 15.4. The Kier molecular flexibility index (Phi) is 7.36. The zero-order chi connectivity index (χ0) is 20.6. The third kappa shape index (κ3) is 7.26. The molecular weight excluding hydrogens is 377 g/mol. The number of ether oxygens (including phenoxy) is 3. The maximum absolute atomic E-state index is 12.3. The lowest BCUT2D eigenvalue weighted by molar-refractivity contribution is -0.153. The number of benzene rings is 2. The predicted octanol–water partition coefficient (Wildman–Crippen LogP) is 4.15. The molecule has 0 aliphatic heterocycles. The number of amides is 2. The van der Waals surface area contributed by atoms with Gasteiger partial charge in [-0.05, 0) is 36.8 Å². The van der Waals surface area contributed by atoms with Gasteiger partial charge in [-0.1, -0.05) is 12.1 Å². The summed E-state index contributed by atoms with van der Waals surface area (Å²) in [4.78, 5) is 11.9. The molecule has 0 bridgehead atoms. The van der Waals surface area contributed by atoms with Crippen LogP contribution in [0.2, 0.25) is 0 Å². The van der Waals surface area contributed by atoms with Crippen LogP contribution in [-0.2, 0) is 0 Å².